The minimum absolute atomic E-state index is 0.0122. The molecule has 0 spiro atoms. The molecule has 0 aliphatic heterocycles. The maximum absolute atomic E-state index is 11.5. The van der Waals surface area contributed by atoms with Crippen molar-refractivity contribution in [3.63, 3.8) is 0 Å². The Bertz CT molecular complexity index is 535. The van der Waals surface area contributed by atoms with Crippen molar-refractivity contribution in [2.75, 3.05) is 13.7 Å². The summed E-state index contributed by atoms with van der Waals surface area (Å²) in [6, 6.07) is 4.68. The average Bonchev–Trinajstić information content (AvgIpc) is 2.43. The molecule has 0 bridgehead atoms. The summed E-state index contributed by atoms with van der Waals surface area (Å²) in [5.41, 5.74) is 0.676. The van der Waals surface area contributed by atoms with Crippen LogP contribution in [0, 0.1) is 0 Å². The van der Waals surface area contributed by atoms with Gasteiger partial charge in [-0.25, -0.2) is 4.79 Å². The summed E-state index contributed by atoms with van der Waals surface area (Å²) in [6.07, 6.45) is 2.28. The van der Waals surface area contributed by atoms with Crippen molar-refractivity contribution in [1.29, 1.82) is 0 Å². The van der Waals surface area contributed by atoms with Gasteiger partial charge in [-0.2, -0.15) is 0 Å². The first-order valence-corrected chi connectivity index (χ1v) is 6.31. The SMILES string of the molecule is COc1cc(C=CC(=O)OCC(C)OC(C)=O)ccc1O. The first-order valence-electron chi connectivity index (χ1n) is 6.31. The van der Waals surface area contributed by atoms with Gasteiger partial charge in [0.1, 0.15) is 12.7 Å². The van der Waals surface area contributed by atoms with Gasteiger partial charge in [-0.3, -0.25) is 4.79 Å². The van der Waals surface area contributed by atoms with Crippen LogP contribution in [0.3, 0.4) is 0 Å². The highest BCUT2D eigenvalue weighted by atomic mass is 16.6. The molecule has 0 saturated heterocycles. The van der Waals surface area contributed by atoms with Crippen LogP contribution in [0.1, 0.15) is 19.4 Å². The van der Waals surface area contributed by atoms with Crippen molar-refractivity contribution in [2.24, 2.45) is 0 Å². The van der Waals surface area contributed by atoms with Gasteiger partial charge in [-0.05, 0) is 30.7 Å². The predicted octanol–water partition coefficient (Wildman–Crippen LogP) is 1.91. The maximum Gasteiger partial charge on any atom is 0.330 e. The zero-order chi connectivity index (χ0) is 15.8. The third-order valence-electron chi connectivity index (χ3n) is 2.44. The molecule has 114 valence electrons. The molecule has 6 nitrogen and oxygen atoms in total. The van der Waals surface area contributed by atoms with Crippen LogP contribution in [-0.2, 0) is 19.1 Å². The van der Waals surface area contributed by atoms with Gasteiger partial charge in [0.15, 0.2) is 11.5 Å². The molecule has 0 radical (unpaired) electrons. The lowest BCUT2D eigenvalue weighted by molar-refractivity contribution is -0.153. The number of phenolic OH excluding ortho intramolecular Hbond substituents is 1. The molecule has 21 heavy (non-hydrogen) atoms. The summed E-state index contributed by atoms with van der Waals surface area (Å²) in [5, 5.41) is 9.45. The van der Waals surface area contributed by atoms with Gasteiger partial charge in [0.25, 0.3) is 0 Å². The minimum atomic E-state index is -0.555. The Morgan fingerprint density at radius 2 is 2.10 bits per heavy atom. The molecular weight excluding hydrogens is 276 g/mol. The standard InChI is InChI=1S/C15H18O6/c1-10(21-11(2)16)9-20-15(18)7-5-12-4-6-13(17)14(8-12)19-3/h4-8,10,17H,9H2,1-3H3. The summed E-state index contributed by atoms with van der Waals surface area (Å²) >= 11 is 0. The van der Waals surface area contributed by atoms with Gasteiger partial charge in [0, 0.05) is 13.0 Å². The van der Waals surface area contributed by atoms with Gasteiger partial charge >= 0.3 is 11.9 Å². The number of carbonyl (C=O) groups excluding carboxylic acids is 2. The lowest BCUT2D eigenvalue weighted by Crippen LogP contribution is -2.20. The van der Waals surface area contributed by atoms with E-state index in [4.69, 9.17) is 14.2 Å². The van der Waals surface area contributed by atoms with Crippen molar-refractivity contribution < 1.29 is 28.9 Å². The van der Waals surface area contributed by atoms with E-state index in [-0.39, 0.29) is 12.4 Å². The van der Waals surface area contributed by atoms with Crippen molar-refractivity contribution in [1.82, 2.24) is 0 Å². The molecule has 0 aliphatic carbocycles. The topological polar surface area (TPSA) is 82.1 Å². The van der Waals surface area contributed by atoms with Crippen LogP contribution in [-0.4, -0.2) is 36.9 Å². The van der Waals surface area contributed by atoms with Crippen LogP contribution in [0.15, 0.2) is 24.3 Å². The Morgan fingerprint density at radius 3 is 2.71 bits per heavy atom. The van der Waals surface area contributed by atoms with Crippen molar-refractivity contribution in [3.8, 4) is 11.5 Å². The molecule has 1 atom stereocenters. The lowest BCUT2D eigenvalue weighted by atomic mass is 10.2. The molecule has 0 aromatic heterocycles. The Kier molecular flexibility index (Phi) is 6.26. The van der Waals surface area contributed by atoms with E-state index in [0.29, 0.717) is 11.3 Å². The fourth-order valence-corrected chi connectivity index (χ4v) is 1.53. The highest BCUT2D eigenvalue weighted by Gasteiger charge is 2.08. The molecule has 1 N–H and O–H groups in total. The number of hydrogen-bond donors (Lipinski definition) is 1. The van der Waals surface area contributed by atoms with E-state index in [1.54, 1.807) is 19.1 Å². The third kappa shape index (κ3) is 5.99. The minimum Gasteiger partial charge on any atom is -0.504 e. The van der Waals surface area contributed by atoms with E-state index in [9.17, 15) is 14.7 Å². The van der Waals surface area contributed by atoms with Crippen molar-refractivity contribution >= 4 is 18.0 Å². The zero-order valence-corrected chi connectivity index (χ0v) is 12.2. The number of esters is 2. The van der Waals surface area contributed by atoms with Gasteiger partial charge in [-0.15, -0.1) is 0 Å². The molecule has 0 saturated carbocycles. The second-order valence-corrected chi connectivity index (χ2v) is 4.31. The van der Waals surface area contributed by atoms with Crippen molar-refractivity contribution in [2.45, 2.75) is 20.0 Å². The van der Waals surface area contributed by atoms with E-state index in [1.807, 2.05) is 0 Å². The van der Waals surface area contributed by atoms with Gasteiger partial charge in [0.2, 0.25) is 0 Å². The summed E-state index contributed by atoms with van der Waals surface area (Å²) in [6.45, 7) is 2.90. The number of hydrogen-bond acceptors (Lipinski definition) is 6. The molecule has 1 unspecified atom stereocenters. The Balaban J connectivity index is 2.52. The summed E-state index contributed by atoms with van der Waals surface area (Å²) in [5.74, 6) is -0.646. The van der Waals surface area contributed by atoms with Crippen LogP contribution in [0.5, 0.6) is 11.5 Å². The Labute approximate surface area is 122 Å². The summed E-state index contributed by atoms with van der Waals surface area (Å²) in [7, 11) is 1.44. The third-order valence-corrected chi connectivity index (χ3v) is 2.44. The molecule has 0 heterocycles. The number of methoxy groups -OCH3 is 1. The van der Waals surface area contributed by atoms with Crippen molar-refractivity contribution in [3.05, 3.63) is 29.8 Å². The first-order chi connectivity index (χ1) is 9.92. The first kappa shape index (κ1) is 16.6. The largest absolute Gasteiger partial charge is 0.504 e. The average molecular weight is 294 g/mol. The fourth-order valence-electron chi connectivity index (χ4n) is 1.53. The molecule has 0 aliphatic rings. The van der Waals surface area contributed by atoms with Crippen LogP contribution < -0.4 is 4.74 Å². The monoisotopic (exact) mass is 294 g/mol. The van der Waals surface area contributed by atoms with E-state index in [1.165, 1.54) is 32.3 Å². The molecular formula is C15H18O6. The van der Waals surface area contributed by atoms with E-state index < -0.39 is 18.0 Å². The van der Waals surface area contributed by atoms with E-state index in [0.717, 1.165) is 0 Å². The maximum atomic E-state index is 11.5. The second-order valence-electron chi connectivity index (χ2n) is 4.31. The molecule has 1 aromatic rings. The smallest absolute Gasteiger partial charge is 0.330 e. The van der Waals surface area contributed by atoms with Crippen LogP contribution in [0.25, 0.3) is 6.08 Å². The molecule has 0 amide bonds. The second kappa shape index (κ2) is 7.94. The highest BCUT2D eigenvalue weighted by Crippen LogP contribution is 2.26. The van der Waals surface area contributed by atoms with E-state index in [2.05, 4.69) is 0 Å². The molecule has 0 fully saturated rings. The number of carbonyl (C=O) groups is 2. The fraction of sp³-hybridized carbons (Fsp3) is 0.333. The quantitative estimate of drug-likeness (QED) is 0.637. The predicted molar refractivity (Wildman–Crippen MR) is 75.9 cm³/mol. The number of ether oxygens (including phenoxy) is 3. The summed E-state index contributed by atoms with van der Waals surface area (Å²) < 4.78 is 14.7. The molecule has 1 rings (SSSR count). The highest BCUT2D eigenvalue weighted by molar-refractivity contribution is 5.87. The number of aromatic hydroxyl groups is 1. The van der Waals surface area contributed by atoms with Gasteiger partial charge in [-0.1, -0.05) is 6.07 Å². The zero-order valence-electron chi connectivity index (χ0n) is 12.2. The van der Waals surface area contributed by atoms with E-state index >= 15 is 0 Å². The van der Waals surface area contributed by atoms with Gasteiger partial charge in [0.05, 0.1) is 7.11 Å². The Hall–Kier alpha value is -2.50. The lowest BCUT2D eigenvalue weighted by Gasteiger charge is -2.10. The molecule has 6 heteroatoms. The number of benzene rings is 1. The van der Waals surface area contributed by atoms with Crippen LogP contribution in [0.2, 0.25) is 0 Å². The van der Waals surface area contributed by atoms with Crippen LogP contribution in [0.4, 0.5) is 0 Å². The van der Waals surface area contributed by atoms with Gasteiger partial charge < -0.3 is 19.3 Å². The molecule has 1 aromatic carbocycles. The normalized spacial score (nSPS) is 12.0. The van der Waals surface area contributed by atoms with Crippen LogP contribution >= 0.6 is 0 Å². The number of rotatable bonds is 6. The summed E-state index contributed by atoms with van der Waals surface area (Å²) in [4.78, 5) is 22.2. The number of phenols is 1. The Morgan fingerprint density at radius 1 is 1.38 bits per heavy atom.